The van der Waals surface area contributed by atoms with Gasteiger partial charge in [0.2, 0.25) is 0 Å². The molecule has 0 saturated carbocycles. The van der Waals surface area contributed by atoms with Gasteiger partial charge in [0, 0.05) is 36.8 Å². The van der Waals surface area contributed by atoms with Crippen molar-refractivity contribution in [3.8, 4) is 0 Å². The molecular weight excluding hydrogens is 254 g/mol. The first-order valence-corrected chi connectivity index (χ1v) is 7.28. The highest BCUT2D eigenvalue weighted by molar-refractivity contribution is 5.36. The molecule has 0 spiro atoms. The quantitative estimate of drug-likeness (QED) is 0.678. The first-order chi connectivity index (χ1) is 9.52. The summed E-state index contributed by atoms with van der Waals surface area (Å²) in [5.41, 5.74) is 7.22. The largest absolute Gasteiger partial charge is 0.328 e. The van der Waals surface area contributed by atoms with Gasteiger partial charge in [0.25, 0.3) is 5.69 Å². The van der Waals surface area contributed by atoms with Crippen LogP contribution < -0.4 is 5.73 Å². The van der Waals surface area contributed by atoms with Crippen LogP contribution in [0.3, 0.4) is 0 Å². The van der Waals surface area contributed by atoms with Gasteiger partial charge in [-0.05, 0) is 31.7 Å². The molecular formula is C15H23N3O2. The molecule has 5 heteroatoms. The Hall–Kier alpha value is -1.46. The van der Waals surface area contributed by atoms with E-state index in [1.54, 1.807) is 18.2 Å². The van der Waals surface area contributed by atoms with Crippen LogP contribution in [0.2, 0.25) is 0 Å². The molecule has 1 fully saturated rings. The molecule has 1 aromatic rings. The lowest BCUT2D eigenvalue weighted by atomic mass is 9.93. The summed E-state index contributed by atoms with van der Waals surface area (Å²) < 4.78 is 0. The van der Waals surface area contributed by atoms with Gasteiger partial charge in [0.15, 0.2) is 0 Å². The van der Waals surface area contributed by atoms with Crippen LogP contribution in [0.4, 0.5) is 5.69 Å². The maximum Gasteiger partial charge on any atom is 0.269 e. The summed E-state index contributed by atoms with van der Waals surface area (Å²) in [6, 6.07) is 7.95. The Balaban J connectivity index is 2.23. The average molecular weight is 277 g/mol. The number of non-ortho nitro benzene ring substituents is 1. The summed E-state index contributed by atoms with van der Waals surface area (Å²) in [6.07, 6.45) is 2.93. The van der Waals surface area contributed by atoms with Crippen molar-refractivity contribution in [2.24, 2.45) is 5.73 Å². The molecule has 1 aliphatic heterocycles. The predicted octanol–water partition coefficient (Wildman–Crippen LogP) is 2.86. The number of hydrogen-bond donors (Lipinski definition) is 1. The zero-order valence-electron chi connectivity index (χ0n) is 12.2. The van der Waals surface area contributed by atoms with E-state index in [1.165, 1.54) is 0 Å². The van der Waals surface area contributed by atoms with Gasteiger partial charge in [-0.25, -0.2) is 0 Å². The molecule has 1 aliphatic rings. The van der Waals surface area contributed by atoms with Gasteiger partial charge in [-0.1, -0.05) is 19.1 Å². The van der Waals surface area contributed by atoms with Crippen LogP contribution >= 0.6 is 0 Å². The number of nitro benzene ring substituents is 1. The smallest absolute Gasteiger partial charge is 0.269 e. The summed E-state index contributed by atoms with van der Waals surface area (Å²) in [5, 5.41) is 10.9. The Kier molecular flexibility index (Phi) is 4.73. The zero-order chi connectivity index (χ0) is 14.7. The molecule has 1 saturated heterocycles. The summed E-state index contributed by atoms with van der Waals surface area (Å²) in [6.45, 7) is 5.29. The molecule has 1 aromatic carbocycles. The number of nitrogens with two attached hydrogens (primary N) is 1. The highest BCUT2D eigenvalue weighted by Gasteiger charge is 2.29. The third kappa shape index (κ3) is 3.16. The van der Waals surface area contributed by atoms with Gasteiger partial charge in [0.05, 0.1) is 4.92 Å². The Bertz CT molecular complexity index is 478. The first-order valence-electron chi connectivity index (χ1n) is 7.28. The molecule has 2 N–H and O–H groups in total. The molecule has 2 rings (SSSR count). The summed E-state index contributed by atoms with van der Waals surface area (Å²) in [7, 11) is 0. The highest BCUT2D eigenvalue weighted by Crippen LogP contribution is 2.32. The molecule has 0 bridgehead atoms. The minimum atomic E-state index is -0.328. The normalized spacial score (nSPS) is 25.4. The molecule has 0 radical (unpaired) electrons. The van der Waals surface area contributed by atoms with Crippen LogP contribution in [0.25, 0.3) is 0 Å². The second kappa shape index (κ2) is 6.33. The van der Waals surface area contributed by atoms with Gasteiger partial charge >= 0.3 is 0 Å². The summed E-state index contributed by atoms with van der Waals surface area (Å²) in [5.74, 6) is 0. The lowest BCUT2D eigenvalue weighted by molar-refractivity contribution is -0.385. The maximum absolute atomic E-state index is 10.9. The third-order valence-electron chi connectivity index (χ3n) is 4.22. The van der Waals surface area contributed by atoms with E-state index in [0.29, 0.717) is 6.04 Å². The molecule has 1 heterocycles. The van der Waals surface area contributed by atoms with Gasteiger partial charge in [-0.15, -0.1) is 0 Å². The van der Waals surface area contributed by atoms with E-state index in [1.807, 2.05) is 6.07 Å². The molecule has 110 valence electrons. The number of nitrogens with zero attached hydrogens (tertiary/aromatic N) is 2. The van der Waals surface area contributed by atoms with E-state index in [0.717, 1.165) is 31.4 Å². The minimum Gasteiger partial charge on any atom is -0.328 e. The van der Waals surface area contributed by atoms with Crippen LogP contribution in [0.15, 0.2) is 24.3 Å². The van der Waals surface area contributed by atoms with Crippen molar-refractivity contribution in [2.75, 3.05) is 6.54 Å². The zero-order valence-corrected chi connectivity index (χ0v) is 12.2. The van der Waals surface area contributed by atoms with Crippen LogP contribution in [0, 0.1) is 10.1 Å². The van der Waals surface area contributed by atoms with Crippen LogP contribution in [-0.2, 0) is 0 Å². The number of nitro groups is 1. The van der Waals surface area contributed by atoms with Gasteiger partial charge in [-0.3, -0.25) is 15.0 Å². The van der Waals surface area contributed by atoms with Crippen molar-refractivity contribution in [1.29, 1.82) is 0 Å². The molecule has 20 heavy (non-hydrogen) atoms. The lowest BCUT2D eigenvalue weighted by Gasteiger charge is -2.41. The monoisotopic (exact) mass is 277 g/mol. The highest BCUT2D eigenvalue weighted by atomic mass is 16.6. The standard InChI is InChI=1S/C15H23N3O2/c1-3-15(17-8-7-13(16)9-11(17)2)12-5-4-6-14(10-12)18(19)20/h4-6,10-11,13,15H,3,7-9,16H2,1-2H3. The second-order valence-corrected chi connectivity index (χ2v) is 5.65. The van der Waals surface area contributed by atoms with E-state index in [4.69, 9.17) is 5.73 Å². The third-order valence-corrected chi connectivity index (χ3v) is 4.22. The van der Waals surface area contributed by atoms with Crippen molar-refractivity contribution in [3.63, 3.8) is 0 Å². The SMILES string of the molecule is CCC(c1cccc([N+](=O)[O-])c1)N1CCC(N)CC1C. The van der Waals surface area contributed by atoms with Gasteiger partial charge in [0.1, 0.15) is 0 Å². The summed E-state index contributed by atoms with van der Waals surface area (Å²) in [4.78, 5) is 13.0. The Morgan fingerprint density at radius 2 is 2.30 bits per heavy atom. The Morgan fingerprint density at radius 3 is 2.90 bits per heavy atom. The second-order valence-electron chi connectivity index (χ2n) is 5.65. The molecule has 3 atom stereocenters. The van der Waals surface area contributed by atoms with Crippen molar-refractivity contribution in [2.45, 2.75) is 51.2 Å². The number of hydrogen-bond acceptors (Lipinski definition) is 4. The van der Waals surface area contributed by atoms with Crippen LogP contribution in [0.5, 0.6) is 0 Å². The topological polar surface area (TPSA) is 72.4 Å². The minimum absolute atomic E-state index is 0.169. The first kappa shape index (κ1) is 14.9. The Labute approximate surface area is 119 Å². The van der Waals surface area contributed by atoms with E-state index >= 15 is 0 Å². The maximum atomic E-state index is 10.9. The fourth-order valence-electron chi connectivity index (χ4n) is 3.20. The number of piperidine rings is 1. The molecule has 3 unspecified atom stereocenters. The van der Waals surface area contributed by atoms with E-state index in [-0.39, 0.29) is 22.7 Å². The number of likely N-dealkylation sites (tertiary alicyclic amines) is 1. The van der Waals surface area contributed by atoms with Crippen molar-refractivity contribution in [3.05, 3.63) is 39.9 Å². The van der Waals surface area contributed by atoms with Crippen molar-refractivity contribution >= 4 is 5.69 Å². The fraction of sp³-hybridized carbons (Fsp3) is 0.600. The number of benzene rings is 1. The molecule has 0 aliphatic carbocycles. The lowest BCUT2D eigenvalue weighted by Crippen LogP contribution is -2.46. The van der Waals surface area contributed by atoms with E-state index in [2.05, 4.69) is 18.7 Å². The summed E-state index contributed by atoms with van der Waals surface area (Å²) >= 11 is 0. The van der Waals surface area contributed by atoms with Crippen molar-refractivity contribution < 1.29 is 4.92 Å². The predicted molar refractivity (Wildman–Crippen MR) is 79.5 cm³/mol. The number of rotatable bonds is 4. The van der Waals surface area contributed by atoms with E-state index in [9.17, 15) is 10.1 Å². The Morgan fingerprint density at radius 1 is 1.55 bits per heavy atom. The molecule has 0 aromatic heterocycles. The average Bonchev–Trinajstić information content (AvgIpc) is 2.42. The van der Waals surface area contributed by atoms with E-state index < -0.39 is 0 Å². The molecule has 5 nitrogen and oxygen atoms in total. The van der Waals surface area contributed by atoms with Gasteiger partial charge in [-0.2, -0.15) is 0 Å². The van der Waals surface area contributed by atoms with Crippen LogP contribution in [-0.4, -0.2) is 28.5 Å². The molecule has 0 amide bonds. The van der Waals surface area contributed by atoms with Gasteiger partial charge < -0.3 is 5.73 Å². The fourth-order valence-corrected chi connectivity index (χ4v) is 3.20. The van der Waals surface area contributed by atoms with Crippen molar-refractivity contribution in [1.82, 2.24) is 4.90 Å². The van der Waals surface area contributed by atoms with Crippen LogP contribution in [0.1, 0.15) is 44.7 Å².